The molecule has 1 aliphatic rings. The van der Waals surface area contributed by atoms with E-state index in [1.807, 2.05) is 18.2 Å². The Labute approximate surface area is 123 Å². The lowest BCUT2D eigenvalue weighted by atomic mass is 10.1. The number of hydrogen-bond donors (Lipinski definition) is 2. The molecule has 0 unspecified atom stereocenters. The number of β-amino-alcohol motifs (C(OH)–C–C–N with tert-alkyl or cyclic N) is 1. The first-order valence-corrected chi connectivity index (χ1v) is 7.08. The number of benzene rings is 1. The predicted molar refractivity (Wildman–Crippen MR) is 83.1 cm³/mol. The minimum atomic E-state index is 0.217. The van der Waals surface area contributed by atoms with Crippen LogP contribution in [0.2, 0.25) is 5.02 Å². The van der Waals surface area contributed by atoms with E-state index in [1.165, 1.54) is 0 Å². The van der Waals surface area contributed by atoms with Gasteiger partial charge in [0.2, 0.25) is 0 Å². The van der Waals surface area contributed by atoms with Crippen molar-refractivity contribution in [1.82, 2.24) is 4.90 Å². The molecule has 0 spiro atoms. The molecule has 3 N–H and O–H groups in total. The van der Waals surface area contributed by atoms with Crippen LogP contribution in [0.5, 0.6) is 0 Å². The molecule has 1 saturated heterocycles. The number of hydrogen-bond acceptors (Lipinski definition) is 4. The fourth-order valence-electron chi connectivity index (χ4n) is 2.27. The van der Waals surface area contributed by atoms with Crippen LogP contribution < -0.4 is 10.6 Å². The molecule has 0 radical (unpaired) electrons. The molecule has 4 nitrogen and oxygen atoms in total. The number of anilines is 1. The molecule has 2 rings (SSSR count). The second-order valence-electron chi connectivity index (χ2n) is 4.58. The summed E-state index contributed by atoms with van der Waals surface area (Å²) < 4.78 is 0. The number of halogens is 1. The van der Waals surface area contributed by atoms with Crippen molar-refractivity contribution in [2.75, 3.05) is 44.2 Å². The number of nitrogens with two attached hydrogens (primary N) is 1. The van der Waals surface area contributed by atoms with Gasteiger partial charge in [-0.2, -0.15) is 0 Å². The van der Waals surface area contributed by atoms with E-state index in [0.29, 0.717) is 10.0 Å². The van der Waals surface area contributed by atoms with Gasteiger partial charge in [0.15, 0.2) is 0 Å². The standard InChI is InChI=1S/C13H18ClN3OS/c14-12-9-10(1-2-11(12)13(15)19)17-5-3-16(4-6-17)7-8-18/h1-2,9,18H,3-8H2,(H2,15,19). The monoisotopic (exact) mass is 299 g/mol. The van der Waals surface area contributed by atoms with Gasteiger partial charge in [-0.15, -0.1) is 0 Å². The van der Waals surface area contributed by atoms with Crippen LogP contribution in [0.4, 0.5) is 5.69 Å². The van der Waals surface area contributed by atoms with Gasteiger partial charge in [-0.05, 0) is 18.2 Å². The molecular weight excluding hydrogens is 282 g/mol. The van der Waals surface area contributed by atoms with E-state index in [1.54, 1.807) is 0 Å². The van der Waals surface area contributed by atoms with Gasteiger partial charge in [-0.1, -0.05) is 23.8 Å². The molecular formula is C13H18ClN3OS. The zero-order valence-corrected chi connectivity index (χ0v) is 12.3. The Bertz CT molecular complexity index is 461. The van der Waals surface area contributed by atoms with Crippen LogP contribution in [0.25, 0.3) is 0 Å². The molecule has 0 bridgehead atoms. The highest BCUT2D eigenvalue weighted by molar-refractivity contribution is 7.80. The Balaban J connectivity index is 2.04. The molecule has 0 atom stereocenters. The van der Waals surface area contributed by atoms with Crippen LogP contribution in [-0.2, 0) is 0 Å². The summed E-state index contributed by atoms with van der Waals surface area (Å²) in [6.07, 6.45) is 0. The summed E-state index contributed by atoms with van der Waals surface area (Å²) in [4.78, 5) is 4.86. The number of thiocarbonyl (C=S) groups is 1. The lowest BCUT2D eigenvalue weighted by molar-refractivity contribution is 0.189. The third-order valence-corrected chi connectivity index (χ3v) is 3.90. The smallest absolute Gasteiger partial charge is 0.105 e. The lowest BCUT2D eigenvalue weighted by Gasteiger charge is -2.36. The quantitative estimate of drug-likeness (QED) is 0.815. The van der Waals surface area contributed by atoms with Crippen molar-refractivity contribution in [2.24, 2.45) is 5.73 Å². The average Bonchev–Trinajstić information content (AvgIpc) is 2.39. The molecule has 0 saturated carbocycles. The Kier molecular flexibility index (Phi) is 4.99. The van der Waals surface area contributed by atoms with Crippen molar-refractivity contribution in [3.8, 4) is 0 Å². The van der Waals surface area contributed by atoms with Gasteiger partial charge in [0.1, 0.15) is 4.99 Å². The molecule has 1 aliphatic heterocycles. The van der Waals surface area contributed by atoms with Crippen LogP contribution in [0.1, 0.15) is 5.56 Å². The second-order valence-corrected chi connectivity index (χ2v) is 5.43. The van der Waals surface area contributed by atoms with E-state index in [2.05, 4.69) is 9.80 Å². The number of aliphatic hydroxyl groups excluding tert-OH is 1. The van der Waals surface area contributed by atoms with E-state index in [9.17, 15) is 0 Å². The molecule has 0 aliphatic carbocycles. The van der Waals surface area contributed by atoms with Crippen LogP contribution >= 0.6 is 23.8 Å². The zero-order valence-electron chi connectivity index (χ0n) is 10.7. The summed E-state index contributed by atoms with van der Waals surface area (Å²) in [5.41, 5.74) is 7.41. The Morgan fingerprint density at radius 2 is 2.00 bits per heavy atom. The van der Waals surface area contributed by atoms with Gasteiger partial charge >= 0.3 is 0 Å². The largest absolute Gasteiger partial charge is 0.395 e. The van der Waals surface area contributed by atoms with Crippen molar-refractivity contribution in [1.29, 1.82) is 0 Å². The maximum Gasteiger partial charge on any atom is 0.105 e. The summed E-state index contributed by atoms with van der Waals surface area (Å²) in [5, 5.41) is 9.52. The molecule has 6 heteroatoms. The van der Waals surface area contributed by atoms with E-state index in [0.717, 1.165) is 44.0 Å². The predicted octanol–water partition coefficient (Wildman–Crippen LogP) is 1.09. The summed E-state index contributed by atoms with van der Waals surface area (Å²) >= 11 is 11.1. The topological polar surface area (TPSA) is 52.7 Å². The van der Waals surface area contributed by atoms with Gasteiger partial charge in [-0.3, -0.25) is 4.90 Å². The Hall–Kier alpha value is -0.880. The van der Waals surface area contributed by atoms with E-state index in [4.69, 9.17) is 34.7 Å². The second kappa shape index (κ2) is 6.52. The Morgan fingerprint density at radius 1 is 1.32 bits per heavy atom. The number of aliphatic hydroxyl groups is 1. The molecule has 104 valence electrons. The fraction of sp³-hybridized carbons (Fsp3) is 0.462. The number of rotatable bonds is 4. The van der Waals surface area contributed by atoms with Crippen LogP contribution in [0.15, 0.2) is 18.2 Å². The third kappa shape index (κ3) is 3.57. The zero-order chi connectivity index (χ0) is 13.8. The highest BCUT2D eigenvalue weighted by Gasteiger charge is 2.17. The van der Waals surface area contributed by atoms with Gasteiger partial charge < -0.3 is 15.7 Å². The first-order valence-electron chi connectivity index (χ1n) is 6.29. The molecule has 0 aromatic heterocycles. The SMILES string of the molecule is NC(=S)c1ccc(N2CCN(CCO)CC2)cc1Cl. The minimum Gasteiger partial charge on any atom is -0.395 e. The highest BCUT2D eigenvalue weighted by atomic mass is 35.5. The maximum atomic E-state index is 8.92. The van der Waals surface area contributed by atoms with Gasteiger partial charge in [0, 0.05) is 44.0 Å². The first-order chi connectivity index (χ1) is 9.11. The van der Waals surface area contributed by atoms with E-state index in [-0.39, 0.29) is 6.61 Å². The molecule has 1 aromatic rings. The molecule has 0 amide bonds. The summed E-state index contributed by atoms with van der Waals surface area (Å²) in [7, 11) is 0. The average molecular weight is 300 g/mol. The van der Waals surface area contributed by atoms with Crippen LogP contribution in [0, 0.1) is 0 Å². The van der Waals surface area contributed by atoms with E-state index < -0.39 is 0 Å². The summed E-state index contributed by atoms with van der Waals surface area (Å²) in [6, 6.07) is 5.79. The minimum absolute atomic E-state index is 0.217. The molecule has 19 heavy (non-hydrogen) atoms. The maximum absolute atomic E-state index is 8.92. The molecule has 1 fully saturated rings. The third-order valence-electron chi connectivity index (χ3n) is 3.37. The highest BCUT2D eigenvalue weighted by Crippen LogP contribution is 2.24. The molecule has 1 heterocycles. The number of piperazine rings is 1. The number of nitrogens with zero attached hydrogens (tertiary/aromatic N) is 2. The summed E-state index contributed by atoms with van der Waals surface area (Å²) in [5.74, 6) is 0. The van der Waals surface area contributed by atoms with Crippen molar-refractivity contribution in [2.45, 2.75) is 0 Å². The molecule has 1 aromatic carbocycles. The van der Waals surface area contributed by atoms with Crippen LogP contribution in [-0.4, -0.2) is 54.3 Å². The Morgan fingerprint density at radius 3 is 2.53 bits per heavy atom. The fourth-order valence-corrected chi connectivity index (χ4v) is 2.78. The van der Waals surface area contributed by atoms with Crippen molar-refractivity contribution in [3.05, 3.63) is 28.8 Å². The van der Waals surface area contributed by atoms with Crippen molar-refractivity contribution < 1.29 is 5.11 Å². The van der Waals surface area contributed by atoms with Gasteiger partial charge in [0.25, 0.3) is 0 Å². The lowest BCUT2D eigenvalue weighted by Crippen LogP contribution is -2.47. The van der Waals surface area contributed by atoms with Crippen molar-refractivity contribution in [3.63, 3.8) is 0 Å². The van der Waals surface area contributed by atoms with E-state index >= 15 is 0 Å². The normalized spacial score (nSPS) is 16.6. The van der Waals surface area contributed by atoms with Crippen molar-refractivity contribution >= 4 is 34.5 Å². The first kappa shape index (κ1) is 14.5. The summed E-state index contributed by atoms with van der Waals surface area (Å²) in [6.45, 7) is 4.74. The van der Waals surface area contributed by atoms with Crippen LogP contribution in [0.3, 0.4) is 0 Å². The van der Waals surface area contributed by atoms with Gasteiger partial charge in [0.05, 0.1) is 11.6 Å². The van der Waals surface area contributed by atoms with Gasteiger partial charge in [-0.25, -0.2) is 0 Å².